The lowest BCUT2D eigenvalue weighted by Gasteiger charge is -2.31. The van der Waals surface area contributed by atoms with Gasteiger partial charge >= 0.3 is 0 Å². The predicted octanol–water partition coefficient (Wildman–Crippen LogP) is 4.21. The van der Waals surface area contributed by atoms with Gasteiger partial charge < -0.3 is 4.90 Å². The Morgan fingerprint density at radius 1 is 1.12 bits per heavy atom. The molecule has 1 aliphatic heterocycles. The van der Waals surface area contributed by atoms with Crippen molar-refractivity contribution in [3.63, 3.8) is 0 Å². The van der Waals surface area contributed by atoms with Crippen LogP contribution in [0.2, 0.25) is 0 Å². The summed E-state index contributed by atoms with van der Waals surface area (Å²) in [7, 11) is 0. The summed E-state index contributed by atoms with van der Waals surface area (Å²) in [5.41, 5.74) is 0. The van der Waals surface area contributed by atoms with Crippen LogP contribution >= 0.6 is 69.6 Å². The monoisotopic (exact) mass is 357 g/mol. The molecule has 9 heteroatoms. The fourth-order valence-electron chi connectivity index (χ4n) is 1.27. The van der Waals surface area contributed by atoms with Crippen LogP contribution in [0.4, 0.5) is 0 Å². The fraction of sp³-hybridized carbons (Fsp3) is 0.750. The molecule has 0 fully saturated rings. The van der Waals surface area contributed by atoms with Crippen LogP contribution < -0.4 is 0 Å². The van der Waals surface area contributed by atoms with Crippen LogP contribution in [-0.2, 0) is 0 Å². The van der Waals surface area contributed by atoms with Gasteiger partial charge in [0, 0.05) is 6.54 Å². The van der Waals surface area contributed by atoms with E-state index in [4.69, 9.17) is 69.6 Å². The molecule has 0 saturated carbocycles. The third kappa shape index (κ3) is 4.48. The Labute approximate surface area is 130 Å². The maximum Gasteiger partial charge on any atom is 0.249 e. The second kappa shape index (κ2) is 5.89. The molecule has 0 radical (unpaired) electrons. The molecule has 0 aromatic rings. The van der Waals surface area contributed by atoms with E-state index in [9.17, 15) is 0 Å². The van der Waals surface area contributed by atoms with E-state index in [0.717, 1.165) is 6.42 Å². The topological polar surface area (TPSA) is 28.0 Å². The second-order valence-electron chi connectivity index (χ2n) is 3.32. The van der Waals surface area contributed by atoms with Gasteiger partial charge in [-0.15, -0.1) is 0 Å². The van der Waals surface area contributed by atoms with E-state index in [0.29, 0.717) is 6.54 Å². The minimum atomic E-state index is -1.72. The average molecular weight is 360 g/mol. The van der Waals surface area contributed by atoms with Gasteiger partial charge in [-0.2, -0.15) is 0 Å². The van der Waals surface area contributed by atoms with Crippen LogP contribution in [0.25, 0.3) is 0 Å². The van der Waals surface area contributed by atoms with Crippen LogP contribution in [0.15, 0.2) is 9.98 Å². The first kappa shape index (κ1) is 15.9. The van der Waals surface area contributed by atoms with E-state index in [1.165, 1.54) is 0 Å². The number of hydrogen-bond acceptors (Lipinski definition) is 3. The number of halogens is 6. The summed E-state index contributed by atoms with van der Waals surface area (Å²) in [5, 5.41) is 0. The van der Waals surface area contributed by atoms with Crippen molar-refractivity contribution in [2.75, 3.05) is 13.2 Å². The molecule has 1 rings (SSSR count). The first-order valence-corrected chi connectivity index (χ1v) is 6.95. The SMILES string of the molecule is CCCN1CN=C(C(Cl)(Cl)Cl)N=C1C(Cl)(Cl)Cl. The van der Waals surface area contributed by atoms with E-state index in [1.807, 2.05) is 6.92 Å². The quantitative estimate of drug-likeness (QED) is 0.679. The largest absolute Gasteiger partial charge is 0.337 e. The van der Waals surface area contributed by atoms with Crippen molar-refractivity contribution in [2.45, 2.75) is 20.9 Å². The summed E-state index contributed by atoms with van der Waals surface area (Å²) >= 11 is 34.6. The maximum absolute atomic E-state index is 5.83. The lowest BCUT2D eigenvalue weighted by atomic mass is 10.4. The average Bonchev–Trinajstić information content (AvgIpc) is 2.15. The summed E-state index contributed by atoms with van der Waals surface area (Å²) in [4.78, 5) is 9.80. The molecule has 0 unspecified atom stereocenters. The zero-order chi connectivity index (χ0) is 13.3. The Bertz CT molecular complexity index is 340. The Morgan fingerprint density at radius 2 is 1.71 bits per heavy atom. The first-order valence-electron chi connectivity index (χ1n) is 4.68. The fourth-order valence-corrected chi connectivity index (χ4v) is 2.06. The van der Waals surface area contributed by atoms with Crippen LogP contribution in [0.3, 0.4) is 0 Å². The molecule has 0 amide bonds. The summed E-state index contributed by atoms with van der Waals surface area (Å²) in [6, 6.07) is 0. The number of nitrogens with zero attached hydrogens (tertiary/aromatic N) is 3. The highest BCUT2D eigenvalue weighted by molar-refractivity contribution is 6.79. The number of alkyl halides is 6. The van der Waals surface area contributed by atoms with E-state index < -0.39 is 7.59 Å². The number of rotatable bonds is 2. The molecule has 17 heavy (non-hydrogen) atoms. The summed E-state index contributed by atoms with van der Waals surface area (Å²) in [6.45, 7) is 2.90. The van der Waals surface area contributed by atoms with Gasteiger partial charge in [-0.25, -0.2) is 9.98 Å². The molecule has 3 nitrogen and oxygen atoms in total. The minimum Gasteiger partial charge on any atom is -0.337 e. The Balaban J connectivity index is 3.04. The van der Waals surface area contributed by atoms with E-state index in [2.05, 4.69) is 9.98 Å². The molecule has 1 heterocycles. The van der Waals surface area contributed by atoms with Gasteiger partial charge in [-0.1, -0.05) is 76.5 Å². The van der Waals surface area contributed by atoms with Crippen molar-refractivity contribution < 1.29 is 0 Å². The van der Waals surface area contributed by atoms with E-state index in [-0.39, 0.29) is 18.3 Å². The van der Waals surface area contributed by atoms with Gasteiger partial charge in [0.25, 0.3) is 0 Å². The van der Waals surface area contributed by atoms with Crippen molar-refractivity contribution >= 4 is 81.3 Å². The molecule has 0 spiro atoms. The Kier molecular flexibility index (Phi) is 5.52. The standard InChI is InChI=1S/C8H9Cl6N3/c1-2-3-17-4-15-5(7(9,10)11)16-6(17)8(12,13)14/h2-4H2,1H3. The molecular weight excluding hydrogens is 351 g/mol. The zero-order valence-electron chi connectivity index (χ0n) is 8.73. The smallest absolute Gasteiger partial charge is 0.249 e. The lowest BCUT2D eigenvalue weighted by Crippen LogP contribution is -2.44. The molecule has 98 valence electrons. The van der Waals surface area contributed by atoms with Gasteiger partial charge in [0.1, 0.15) is 6.67 Å². The molecular formula is C8H9Cl6N3. The van der Waals surface area contributed by atoms with Crippen molar-refractivity contribution in [3.8, 4) is 0 Å². The number of amidine groups is 2. The Morgan fingerprint density at radius 3 is 2.12 bits per heavy atom. The summed E-state index contributed by atoms with van der Waals surface area (Å²) in [5.74, 6) is 0.247. The minimum absolute atomic E-state index is 0.0242. The van der Waals surface area contributed by atoms with Crippen molar-refractivity contribution in [1.29, 1.82) is 0 Å². The lowest BCUT2D eigenvalue weighted by molar-refractivity contribution is 0.420. The van der Waals surface area contributed by atoms with Gasteiger partial charge in [0.15, 0.2) is 11.7 Å². The highest BCUT2D eigenvalue weighted by Crippen LogP contribution is 2.35. The molecule has 1 aliphatic rings. The van der Waals surface area contributed by atoms with Crippen LogP contribution in [0.5, 0.6) is 0 Å². The highest BCUT2D eigenvalue weighted by atomic mass is 35.6. The zero-order valence-corrected chi connectivity index (χ0v) is 13.3. The molecule has 0 bridgehead atoms. The van der Waals surface area contributed by atoms with Gasteiger partial charge in [-0.05, 0) is 6.42 Å². The summed E-state index contributed by atoms with van der Waals surface area (Å²) < 4.78 is -3.40. The Hall–Kier alpha value is 0.880. The second-order valence-corrected chi connectivity index (χ2v) is 7.88. The third-order valence-electron chi connectivity index (χ3n) is 1.90. The molecule has 0 aromatic heterocycles. The van der Waals surface area contributed by atoms with Crippen molar-refractivity contribution in [2.24, 2.45) is 9.98 Å². The number of aliphatic imine (C=N–C) groups is 2. The van der Waals surface area contributed by atoms with Gasteiger partial charge in [0.05, 0.1) is 0 Å². The molecule has 0 aliphatic carbocycles. The first-order chi connectivity index (χ1) is 7.66. The van der Waals surface area contributed by atoms with E-state index in [1.54, 1.807) is 4.90 Å². The summed E-state index contributed by atoms with van der Waals surface area (Å²) in [6.07, 6.45) is 0.860. The normalized spacial score (nSPS) is 17.9. The van der Waals surface area contributed by atoms with E-state index >= 15 is 0 Å². The predicted molar refractivity (Wildman–Crippen MR) is 77.3 cm³/mol. The molecule has 0 aromatic carbocycles. The van der Waals surface area contributed by atoms with Crippen LogP contribution in [0.1, 0.15) is 13.3 Å². The molecule has 0 N–H and O–H groups in total. The van der Waals surface area contributed by atoms with Gasteiger partial charge in [0.2, 0.25) is 7.59 Å². The number of hydrogen-bond donors (Lipinski definition) is 0. The van der Waals surface area contributed by atoms with Crippen molar-refractivity contribution in [3.05, 3.63) is 0 Å². The highest BCUT2D eigenvalue weighted by Gasteiger charge is 2.38. The van der Waals surface area contributed by atoms with Crippen LogP contribution in [0, 0.1) is 0 Å². The van der Waals surface area contributed by atoms with Crippen molar-refractivity contribution in [1.82, 2.24) is 4.90 Å². The maximum atomic E-state index is 5.83. The van der Waals surface area contributed by atoms with Crippen LogP contribution in [-0.4, -0.2) is 37.4 Å². The third-order valence-corrected chi connectivity index (χ3v) is 2.92. The van der Waals surface area contributed by atoms with Gasteiger partial charge in [-0.3, -0.25) is 0 Å². The molecule has 0 saturated heterocycles. The molecule has 0 atom stereocenters.